The van der Waals surface area contributed by atoms with E-state index in [2.05, 4.69) is 30.9 Å². The fraction of sp³-hybridized carbons (Fsp3) is 0.882. The molecule has 2 atom stereocenters. The maximum Gasteiger partial charge on any atom is 0.226 e. The van der Waals surface area contributed by atoms with Gasteiger partial charge in [-0.3, -0.25) is 9.59 Å². The Balaban J connectivity index is 2.01. The number of carbonyl (C=O) groups is 2. The summed E-state index contributed by atoms with van der Waals surface area (Å²) in [5.74, 6) is 0.142. The molecule has 0 aromatic carbocycles. The molecule has 0 aromatic heterocycles. The molecule has 2 heterocycles. The summed E-state index contributed by atoms with van der Waals surface area (Å²) in [6.07, 6.45) is 3.24. The summed E-state index contributed by atoms with van der Waals surface area (Å²) in [7, 11) is 8.07. The highest BCUT2D eigenvalue weighted by atomic mass is 16.2. The standard InChI is InChI=1S/C17H32N4O2/c1-18(2)15-7-5-6-14(12-16(22)20(4)13-15)17(23)21-10-8-19(3)9-11-21/h14-15H,5-13H2,1-4H3/t14-,15-/m1/s1. The SMILES string of the molecule is CN1CCN(C(=O)[C@@H]2CCC[C@@H](N(C)C)CN(C)C(=O)C2)CC1. The van der Waals surface area contributed by atoms with Gasteiger partial charge in [-0.2, -0.15) is 0 Å². The first kappa shape index (κ1) is 18.2. The summed E-state index contributed by atoms with van der Waals surface area (Å²) in [5.41, 5.74) is 0. The quantitative estimate of drug-likeness (QED) is 0.735. The van der Waals surface area contributed by atoms with Crippen molar-refractivity contribution in [2.45, 2.75) is 31.7 Å². The molecule has 0 radical (unpaired) electrons. The molecule has 0 bridgehead atoms. The van der Waals surface area contributed by atoms with Gasteiger partial charge in [-0.1, -0.05) is 6.42 Å². The van der Waals surface area contributed by atoms with Gasteiger partial charge in [0.15, 0.2) is 0 Å². The Labute approximate surface area is 140 Å². The molecule has 23 heavy (non-hydrogen) atoms. The first-order valence-corrected chi connectivity index (χ1v) is 8.76. The van der Waals surface area contributed by atoms with Gasteiger partial charge in [0.05, 0.1) is 0 Å². The Morgan fingerprint density at radius 2 is 1.74 bits per heavy atom. The number of amides is 2. The predicted molar refractivity (Wildman–Crippen MR) is 91.1 cm³/mol. The summed E-state index contributed by atoms with van der Waals surface area (Å²) >= 11 is 0. The molecule has 2 amide bonds. The zero-order valence-corrected chi connectivity index (χ0v) is 15.1. The van der Waals surface area contributed by atoms with Gasteiger partial charge < -0.3 is 19.6 Å². The second-order valence-corrected chi connectivity index (χ2v) is 7.35. The number of nitrogens with zero attached hydrogens (tertiary/aromatic N) is 4. The van der Waals surface area contributed by atoms with Crippen LogP contribution in [0.25, 0.3) is 0 Å². The molecule has 0 N–H and O–H groups in total. The highest BCUT2D eigenvalue weighted by molar-refractivity contribution is 5.86. The molecule has 2 saturated heterocycles. The molecule has 6 heteroatoms. The van der Waals surface area contributed by atoms with Crippen LogP contribution in [0.5, 0.6) is 0 Å². The van der Waals surface area contributed by atoms with Crippen LogP contribution in [0.2, 0.25) is 0 Å². The molecule has 0 aromatic rings. The van der Waals surface area contributed by atoms with Crippen LogP contribution in [0, 0.1) is 5.92 Å². The molecule has 0 aliphatic carbocycles. The van der Waals surface area contributed by atoms with Crippen molar-refractivity contribution >= 4 is 11.8 Å². The van der Waals surface area contributed by atoms with Gasteiger partial charge in [-0.25, -0.2) is 0 Å². The second kappa shape index (κ2) is 8.11. The lowest BCUT2D eigenvalue weighted by molar-refractivity contribution is -0.142. The molecule has 0 saturated carbocycles. The molecule has 2 aliphatic rings. The maximum absolute atomic E-state index is 12.8. The van der Waals surface area contributed by atoms with Crippen LogP contribution in [-0.4, -0.2) is 98.4 Å². The van der Waals surface area contributed by atoms with Gasteiger partial charge in [0.25, 0.3) is 0 Å². The zero-order valence-electron chi connectivity index (χ0n) is 15.1. The van der Waals surface area contributed by atoms with Crippen molar-refractivity contribution in [1.29, 1.82) is 0 Å². The van der Waals surface area contributed by atoms with E-state index in [1.807, 2.05) is 11.9 Å². The topological polar surface area (TPSA) is 47.1 Å². The number of hydrogen-bond donors (Lipinski definition) is 0. The van der Waals surface area contributed by atoms with E-state index < -0.39 is 0 Å². The van der Waals surface area contributed by atoms with Gasteiger partial charge in [-0.05, 0) is 34.0 Å². The number of rotatable bonds is 2. The molecule has 6 nitrogen and oxygen atoms in total. The minimum Gasteiger partial charge on any atom is -0.344 e. The first-order valence-electron chi connectivity index (χ1n) is 8.76. The van der Waals surface area contributed by atoms with E-state index in [1.54, 1.807) is 4.90 Å². The highest BCUT2D eigenvalue weighted by Crippen LogP contribution is 2.22. The largest absolute Gasteiger partial charge is 0.344 e. The summed E-state index contributed by atoms with van der Waals surface area (Å²) in [6.45, 7) is 4.18. The van der Waals surface area contributed by atoms with Crippen LogP contribution < -0.4 is 0 Å². The van der Waals surface area contributed by atoms with E-state index in [-0.39, 0.29) is 17.7 Å². The summed E-state index contributed by atoms with van der Waals surface area (Å²) in [6, 6.07) is 0.376. The zero-order chi connectivity index (χ0) is 17.0. The molecule has 2 aliphatic heterocycles. The third-order valence-corrected chi connectivity index (χ3v) is 5.32. The summed E-state index contributed by atoms with van der Waals surface area (Å²) in [5, 5.41) is 0. The lowest BCUT2D eigenvalue weighted by atomic mass is 9.95. The van der Waals surface area contributed by atoms with E-state index in [0.29, 0.717) is 12.5 Å². The van der Waals surface area contributed by atoms with Gasteiger partial charge in [-0.15, -0.1) is 0 Å². The minimum atomic E-state index is -0.144. The lowest BCUT2D eigenvalue weighted by Crippen LogP contribution is -2.49. The normalized spacial score (nSPS) is 28.5. The Morgan fingerprint density at radius 1 is 1.09 bits per heavy atom. The van der Waals surface area contributed by atoms with E-state index in [4.69, 9.17) is 0 Å². The lowest BCUT2D eigenvalue weighted by Gasteiger charge is -2.34. The van der Waals surface area contributed by atoms with Crippen LogP contribution >= 0.6 is 0 Å². The van der Waals surface area contributed by atoms with Gasteiger partial charge in [0.2, 0.25) is 11.8 Å². The molecular formula is C17H32N4O2. The van der Waals surface area contributed by atoms with Crippen molar-refractivity contribution in [3.8, 4) is 0 Å². The molecule has 0 unspecified atom stereocenters. The van der Waals surface area contributed by atoms with Crippen molar-refractivity contribution in [1.82, 2.24) is 19.6 Å². The third kappa shape index (κ3) is 4.91. The van der Waals surface area contributed by atoms with E-state index in [1.165, 1.54) is 0 Å². The summed E-state index contributed by atoms with van der Waals surface area (Å²) in [4.78, 5) is 33.5. The first-order chi connectivity index (χ1) is 10.9. The number of piperazine rings is 1. The number of likely N-dealkylation sites (N-methyl/N-ethyl adjacent to an activating group) is 3. The minimum absolute atomic E-state index is 0.103. The average molecular weight is 324 g/mol. The summed E-state index contributed by atoms with van der Waals surface area (Å²) < 4.78 is 0. The van der Waals surface area contributed by atoms with Gasteiger partial charge in [0, 0.05) is 58.2 Å². The molecule has 2 rings (SSSR count). The van der Waals surface area contributed by atoms with Crippen LogP contribution in [0.1, 0.15) is 25.7 Å². The highest BCUT2D eigenvalue weighted by Gasteiger charge is 2.31. The predicted octanol–water partition coefficient (Wildman–Crippen LogP) is 0.339. The Bertz CT molecular complexity index is 419. The smallest absolute Gasteiger partial charge is 0.226 e. The maximum atomic E-state index is 12.8. The van der Waals surface area contributed by atoms with Crippen LogP contribution in [0.15, 0.2) is 0 Å². The monoisotopic (exact) mass is 324 g/mol. The van der Waals surface area contributed by atoms with E-state index >= 15 is 0 Å². The van der Waals surface area contributed by atoms with Crippen molar-refractivity contribution in [2.24, 2.45) is 5.92 Å². The van der Waals surface area contributed by atoms with Crippen LogP contribution in [0.3, 0.4) is 0 Å². The molecule has 0 spiro atoms. The fourth-order valence-corrected chi connectivity index (χ4v) is 3.50. The third-order valence-electron chi connectivity index (χ3n) is 5.32. The van der Waals surface area contributed by atoms with Crippen molar-refractivity contribution < 1.29 is 9.59 Å². The Morgan fingerprint density at radius 3 is 2.35 bits per heavy atom. The van der Waals surface area contributed by atoms with Crippen molar-refractivity contribution in [3.05, 3.63) is 0 Å². The Kier molecular flexibility index (Phi) is 6.41. The van der Waals surface area contributed by atoms with Crippen molar-refractivity contribution in [2.75, 3.05) is 60.9 Å². The number of carbonyl (C=O) groups excluding carboxylic acids is 2. The van der Waals surface area contributed by atoms with Gasteiger partial charge in [0.1, 0.15) is 0 Å². The second-order valence-electron chi connectivity index (χ2n) is 7.35. The van der Waals surface area contributed by atoms with Gasteiger partial charge >= 0.3 is 0 Å². The fourth-order valence-electron chi connectivity index (χ4n) is 3.50. The van der Waals surface area contributed by atoms with Crippen molar-refractivity contribution in [3.63, 3.8) is 0 Å². The average Bonchev–Trinajstić information content (AvgIpc) is 2.58. The van der Waals surface area contributed by atoms with Crippen LogP contribution in [-0.2, 0) is 9.59 Å². The number of hydrogen-bond acceptors (Lipinski definition) is 4. The molecular weight excluding hydrogens is 292 g/mol. The van der Waals surface area contributed by atoms with E-state index in [0.717, 1.165) is 52.0 Å². The van der Waals surface area contributed by atoms with E-state index in [9.17, 15) is 9.59 Å². The molecule has 2 fully saturated rings. The van der Waals surface area contributed by atoms with Crippen LogP contribution in [0.4, 0.5) is 0 Å². The Hall–Kier alpha value is -1.14. The molecule has 132 valence electrons.